The molecule has 0 aliphatic carbocycles. The average Bonchev–Trinajstić information content (AvgIpc) is 2.55. The molecule has 1 amide bonds. The number of hydrogen-bond acceptors (Lipinski definition) is 5. The number of anilines is 1. The number of hydrogen-bond donors (Lipinski definition) is 1. The maximum atomic E-state index is 13.0. The Hall–Kier alpha value is -2.45. The molecule has 0 saturated heterocycles. The molecule has 0 radical (unpaired) electrons. The van der Waals surface area contributed by atoms with Crippen LogP contribution in [0.15, 0.2) is 47.4 Å². The number of rotatable bonds is 5. The molecule has 0 aromatic heterocycles. The highest BCUT2D eigenvalue weighted by atomic mass is 35.5. The van der Waals surface area contributed by atoms with Crippen molar-refractivity contribution in [2.45, 2.75) is 4.90 Å². The molecule has 0 heterocycles. The van der Waals surface area contributed by atoms with Crippen LogP contribution in [0.2, 0.25) is 5.02 Å². The third-order valence-corrected chi connectivity index (χ3v) is 4.47. The second-order valence-electron chi connectivity index (χ2n) is 5.05. The lowest BCUT2D eigenvalue weighted by molar-refractivity contribution is -0.119. The van der Waals surface area contributed by atoms with Gasteiger partial charge in [-0.05, 0) is 42.5 Å². The molecule has 0 atom stereocenters. The maximum Gasteiger partial charge on any atom is 0.338 e. The summed E-state index contributed by atoms with van der Waals surface area (Å²) in [4.78, 5) is 23.6. The molecule has 2 aromatic rings. The van der Waals surface area contributed by atoms with Gasteiger partial charge in [-0.2, -0.15) is 0 Å². The van der Waals surface area contributed by atoms with Crippen molar-refractivity contribution in [3.05, 3.63) is 58.9 Å². The lowest BCUT2D eigenvalue weighted by Crippen LogP contribution is -2.21. The first kappa shape index (κ1) is 18.9. The number of nitrogens with one attached hydrogen (secondary N) is 1. The van der Waals surface area contributed by atoms with E-state index in [-0.39, 0.29) is 21.2 Å². The minimum absolute atomic E-state index is 0.0648. The predicted molar refractivity (Wildman–Crippen MR) is 89.9 cm³/mol. The molecule has 132 valence electrons. The number of ether oxygens (including phenoxy) is 1. The first-order valence-electron chi connectivity index (χ1n) is 6.89. The molecule has 6 nitrogen and oxygen atoms in total. The lowest BCUT2D eigenvalue weighted by atomic mass is 10.2. The van der Waals surface area contributed by atoms with Crippen LogP contribution >= 0.6 is 11.6 Å². The zero-order valence-electron chi connectivity index (χ0n) is 13.0. The molecule has 0 saturated carbocycles. The van der Waals surface area contributed by atoms with Crippen LogP contribution in [0.4, 0.5) is 10.1 Å². The zero-order chi connectivity index (χ0) is 18.6. The molecule has 1 N–H and O–H groups in total. The molecular formula is C16H13ClFNO5S. The van der Waals surface area contributed by atoms with E-state index in [4.69, 9.17) is 16.3 Å². The molecule has 9 heteroatoms. The first-order valence-corrected chi connectivity index (χ1v) is 9.16. The van der Waals surface area contributed by atoms with Gasteiger partial charge in [-0.15, -0.1) is 0 Å². The highest BCUT2D eigenvalue weighted by Crippen LogP contribution is 2.19. The average molecular weight is 386 g/mol. The summed E-state index contributed by atoms with van der Waals surface area (Å²) in [6.07, 6.45) is 1.05. The van der Waals surface area contributed by atoms with Crippen LogP contribution in [0.3, 0.4) is 0 Å². The van der Waals surface area contributed by atoms with Crippen molar-refractivity contribution in [1.29, 1.82) is 0 Å². The number of amides is 1. The van der Waals surface area contributed by atoms with E-state index < -0.39 is 34.1 Å². The van der Waals surface area contributed by atoms with Crippen molar-refractivity contribution in [1.82, 2.24) is 0 Å². The van der Waals surface area contributed by atoms with Gasteiger partial charge in [-0.1, -0.05) is 11.6 Å². The molecule has 0 bridgehead atoms. The fourth-order valence-electron chi connectivity index (χ4n) is 1.82. The third kappa shape index (κ3) is 5.27. The van der Waals surface area contributed by atoms with Gasteiger partial charge in [-0.3, -0.25) is 4.79 Å². The quantitative estimate of drug-likeness (QED) is 0.799. The second kappa shape index (κ2) is 7.62. The number of halogens is 2. The van der Waals surface area contributed by atoms with Gasteiger partial charge in [0.05, 0.1) is 15.5 Å². The van der Waals surface area contributed by atoms with Crippen LogP contribution in [0.5, 0.6) is 0 Å². The van der Waals surface area contributed by atoms with E-state index in [0.29, 0.717) is 0 Å². The number of sulfone groups is 1. The fraction of sp³-hybridized carbons (Fsp3) is 0.125. The number of carbonyl (C=O) groups is 2. The van der Waals surface area contributed by atoms with E-state index in [1.54, 1.807) is 0 Å². The summed E-state index contributed by atoms with van der Waals surface area (Å²) in [6.45, 7) is -0.568. The normalized spacial score (nSPS) is 11.0. The predicted octanol–water partition coefficient (Wildman–Crippen LogP) is 2.68. The minimum Gasteiger partial charge on any atom is -0.452 e. The van der Waals surface area contributed by atoms with E-state index in [9.17, 15) is 22.4 Å². The van der Waals surface area contributed by atoms with E-state index in [1.807, 2.05) is 0 Å². The van der Waals surface area contributed by atoms with Crippen LogP contribution in [0.1, 0.15) is 10.4 Å². The van der Waals surface area contributed by atoms with Crippen LogP contribution in [0.25, 0.3) is 0 Å². The molecule has 2 rings (SSSR count). The minimum atomic E-state index is -3.37. The molecule has 25 heavy (non-hydrogen) atoms. The zero-order valence-corrected chi connectivity index (χ0v) is 14.5. The van der Waals surface area contributed by atoms with Crippen LogP contribution in [-0.4, -0.2) is 33.2 Å². The highest BCUT2D eigenvalue weighted by Gasteiger charge is 2.13. The number of carbonyl (C=O) groups excluding carboxylic acids is 2. The molecule has 0 aliphatic heterocycles. The second-order valence-corrected chi connectivity index (χ2v) is 7.47. The van der Waals surface area contributed by atoms with Crippen molar-refractivity contribution >= 4 is 39.0 Å². The van der Waals surface area contributed by atoms with Crippen molar-refractivity contribution < 1.29 is 27.1 Å². The smallest absolute Gasteiger partial charge is 0.338 e. The van der Waals surface area contributed by atoms with Crippen LogP contribution in [0, 0.1) is 5.82 Å². The number of esters is 1. The fourth-order valence-corrected chi connectivity index (χ4v) is 2.63. The van der Waals surface area contributed by atoms with Gasteiger partial charge in [0.2, 0.25) is 0 Å². The Morgan fingerprint density at radius 2 is 1.80 bits per heavy atom. The van der Waals surface area contributed by atoms with E-state index in [2.05, 4.69) is 5.32 Å². The first-order chi connectivity index (χ1) is 11.7. The lowest BCUT2D eigenvalue weighted by Gasteiger charge is -2.07. The Kier molecular flexibility index (Phi) is 5.76. The van der Waals surface area contributed by atoms with Crippen LogP contribution < -0.4 is 5.32 Å². The third-order valence-electron chi connectivity index (χ3n) is 3.06. The van der Waals surface area contributed by atoms with Crippen molar-refractivity contribution in [2.24, 2.45) is 0 Å². The molecule has 0 fully saturated rings. The molecule has 0 unspecified atom stereocenters. The Balaban J connectivity index is 1.92. The van der Waals surface area contributed by atoms with Crippen molar-refractivity contribution in [3.8, 4) is 0 Å². The van der Waals surface area contributed by atoms with Crippen LogP contribution in [-0.2, 0) is 19.4 Å². The van der Waals surface area contributed by atoms with E-state index in [0.717, 1.165) is 12.3 Å². The summed E-state index contributed by atoms with van der Waals surface area (Å²) < 4.78 is 40.6. The molecule has 2 aromatic carbocycles. The van der Waals surface area contributed by atoms with Gasteiger partial charge in [0, 0.05) is 11.9 Å². The Labute approximate surface area is 148 Å². The van der Waals surface area contributed by atoms with Crippen molar-refractivity contribution in [2.75, 3.05) is 18.2 Å². The standard InChI is InChI=1S/C16H13ClFNO5S/c1-25(22,23)12-5-2-10(3-6-12)16(21)24-9-15(20)19-11-4-7-14(18)13(17)8-11/h2-8H,9H2,1H3,(H,19,20). The van der Waals surface area contributed by atoms with Crippen molar-refractivity contribution in [3.63, 3.8) is 0 Å². The van der Waals surface area contributed by atoms with Gasteiger partial charge >= 0.3 is 5.97 Å². The molecule has 0 spiro atoms. The summed E-state index contributed by atoms with van der Waals surface area (Å²) in [5.74, 6) is -2.04. The van der Waals surface area contributed by atoms with E-state index >= 15 is 0 Å². The highest BCUT2D eigenvalue weighted by molar-refractivity contribution is 7.90. The topological polar surface area (TPSA) is 89.5 Å². The Bertz CT molecular complexity index is 913. The summed E-state index contributed by atoms with van der Waals surface area (Å²) in [5, 5.41) is 2.25. The summed E-state index contributed by atoms with van der Waals surface area (Å²) in [7, 11) is -3.37. The SMILES string of the molecule is CS(=O)(=O)c1ccc(C(=O)OCC(=O)Nc2ccc(F)c(Cl)c2)cc1. The van der Waals surface area contributed by atoms with Gasteiger partial charge in [0.15, 0.2) is 16.4 Å². The van der Waals surface area contributed by atoms with Gasteiger partial charge in [0.1, 0.15) is 5.82 Å². The van der Waals surface area contributed by atoms with Gasteiger partial charge < -0.3 is 10.1 Å². The number of benzene rings is 2. The summed E-state index contributed by atoms with van der Waals surface area (Å²) >= 11 is 5.60. The van der Waals surface area contributed by atoms with E-state index in [1.165, 1.54) is 36.4 Å². The Morgan fingerprint density at radius 3 is 2.36 bits per heavy atom. The molecular weight excluding hydrogens is 373 g/mol. The largest absolute Gasteiger partial charge is 0.452 e. The van der Waals surface area contributed by atoms with Gasteiger partial charge in [-0.25, -0.2) is 17.6 Å². The van der Waals surface area contributed by atoms with Gasteiger partial charge in [0.25, 0.3) is 5.91 Å². The Morgan fingerprint density at radius 1 is 1.16 bits per heavy atom. The summed E-state index contributed by atoms with van der Waals surface area (Å²) in [6, 6.07) is 8.74. The maximum absolute atomic E-state index is 13.0. The monoisotopic (exact) mass is 385 g/mol. The molecule has 0 aliphatic rings. The summed E-state index contributed by atoms with van der Waals surface area (Å²) in [5.41, 5.74) is 0.356.